The highest BCUT2D eigenvalue weighted by atomic mass is 31.2. The van der Waals surface area contributed by atoms with Gasteiger partial charge in [0.25, 0.3) is 0 Å². The lowest BCUT2D eigenvalue weighted by Crippen LogP contribution is -2.30. The van der Waals surface area contributed by atoms with Crippen LogP contribution >= 0.6 is 15.6 Å². The average Bonchev–Trinajstić information content (AvgIpc) is 0.903. The average molecular weight is 1520 g/mol. The maximum absolute atomic E-state index is 13.1. The van der Waals surface area contributed by atoms with Crippen molar-refractivity contribution in [3.8, 4) is 0 Å². The Hall–Kier alpha value is -5.32. The SMILES string of the molecule is CC/C=C\C/C=C\C/C=C\C/C=C\C/C=C\CCCCCC(=O)OC[C@H](COP(=O)(O)OC[C@@H](O)COP(=O)(O)OC[C@@H](COC(=O)CCCCCCC/C=C\C/C=C\CCCCC)OC(=O)CCCCCCC/C=C\CCCCCC)OC(=O)CCCCC/C=C\C/C=C\C/C=C\C/C=C\C/C=C\CC. The summed E-state index contributed by atoms with van der Waals surface area (Å²) < 4.78 is 68.6. The Labute approximate surface area is 642 Å². The molecule has 0 spiro atoms. The molecule has 19 heteroatoms. The lowest BCUT2D eigenvalue weighted by atomic mass is 10.1. The lowest BCUT2D eigenvalue weighted by Gasteiger charge is -2.21. The minimum Gasteiger partial charge on any atom is -0.462 e. The van der Waals surface area contributed by atoms with Crippen LogP contribution in [0.2, 0.25) is 0 Å². The van der Waals surface area contributed by atoms with Gasteiger partial charge in [0.2, 0.25) is 0 Å². The maximum Gasteiger partial charge on any atom is 0.472 e. The first kappa shape index (κ1) is 101. The maximum atomic E-state index is 13.1. The number of esters is 4. The smallest absolute Gasteiger partial charge is 0.462 e. The van der Waals surface area contributed by atoms with Crippen molar-refractivity contribution >= 4 is 39.5 Å². The van der Waals surface area contributed by atoms with Crippen molar-refractivity contribution in [1.82, 2.24) is 0 Å². The second kappa shape index (κ2) is 77.8. The fraction of sp³-hybridized carbons (Fsp3) is 0.655. The van der Waals surface area contributed by atoms with E-state index in [4.69, 9.17) is 37.0 Å². The van der Waals surface area contributed by atoms with Gasteiger partial charge in [0.1, 0.15) is 19.3 Å². The van der Waals surface area contributed by atoms with Crippen LogP contribution in [0.25, 0.3) is 0 Å². The van der Waals surface area contributed by atoms with E-state index >= 15 is 0 Å². The van der Waals surface area contributed by atoms with Crippen molar-refractivity contribution in [3.63, 3.8) is 0 Å². The molecule has 0 rings (SSSR count). The van der Waals surface area contributed by atoms with E-state index in [1.807, 2.05) is 0 Å². The van der Waals surface area contributed by atoms with Gasteiger partial charge in [0.15, 0.2) is 12.2 Å². The largest absolute Gasteiger partial charge is 0.472 e. The highest BCUT2D eigenvalue weighted by Crippen LogP contribution is 2.45. The van der Waals surface area contributed by atoms with Gasteiger partial charge in [-0.3, -0.25) is 37.3 Å². The Morgan fingerprint density at radius 3 is 0.792 bits per heavy atom. The fourth-order valence-corrected chi connectivity index (χ4v) is 11.9. The molecule has 17 nitrogen and oxygen atoms in total. The highest BCUT2D eigenvalue weighted by Gasteiger charge is 2.30. The van der Waals surface area contributed by atoms with E-state index in [2.05, 4.69) is 186 Å². The summed E-state index contributed by atoms with van der Waals surface area (Å²) in [4.78, 5) is 73.1. The van der Waals surface area contributed by atoms with E-state index in [-0.39, 0.29) is 25.7 Å². The zero-order valence-electron chi connectivity index (χ0n) is 66.1. The number of rotatable bonds is 75. The van der Waals surface area contributed by atoms with Crippen molar-refractivity contribution in [2.75, 3.05) is 39.6 Å². The van der Waals surface area contributed by atoms with Gasteiger partial charge in [0.05, 0.1) is 26.4 Å². The topological polar surface area (TPSA) is 237 Å². The second-order valence-electron chi connectivity index (χ2n) is 26.6. The van der Waals surface area contributed by atoms with Crippen LogP contribution < -0.4 is 0 Å². The summed E-state index contributed by atoms with van der Waals surface area (Å²) in [6.07, 6.45) is 90.7. The number of aliphatic hydroxyl groups excluding tert-OH is 1. The predicted molar refractivity (Wildman–Crippen MR) is 436 cm³/mol. The van der Waals surface area contributed by atoms with Crippen LogP contribution in [0, 0.1) is 0 Å². The second-order valence-corrected chi connectivity index (χ2v) is 29.5. The van der Waals surface area contributed by atoms with E-state index in [9.17, 15) is 43.2 Å². The fourth-order valence-electron chi connectivity index (χ4n) is 10.3. The molecular formula is C87H144O17P2. The molecule has 0 bridgehead atoms. The van der Waals surface area contributed by atoms with E-state index in [0.717, 1.165) is 186 Å². The van der Waals surface area contributed by atoms with Crippen LogP contribution in [-0.2, 0) is 65.4 Å². The summed E-state index contributed by atoms with van der Waals surface area (Å²) in [5.74, 6) is -2.28. The number of aliphatic hydroxyl groups is 1. The summed E-state index contributed by atoms with van der Waals surface area (Å²) in [7, 11) is -10.00. The van der Waals surface area contributed by atoms with Gasteiger partial charge in [0, 0.05) is 25.7 Å². The Kier molecular flexibility index (Phi) is 73.9. The van der Waals surface area contributed by atoms with Gasteiger partial charge in [-0.1, -0.05) is 269 Å². The van der Waals surface area contributed by atoms with Gasteiger partial charge in [-0.05, 0) is 173 Å². The first-order valence-electron chi connectivity index (χ1n) is 40.7. The van der Waals surface area contributed by atoms with Gasteiger partial charge in [-0.2, -0.15) is 0 Å². The molecular weight excluding hydrogens is 1380 g/mol. The molecule has 0 radical (unpaired) electrons. The van der Waals surface area contributed by atoms with Crippen LogP contribution in [0.15, 0.2) is 158 Å². The molecule has 3 N–H and O–H groups in total. The van der Waals surface area contributed by atoms with E-state index < -0.39 is 97.5 Å². The molecule has 0 fully saturated rings. The molecule has 0 aromatic rings. The third kappa shape index (κ3) is 76.9. The molecule has 0 saturated heterocycles. The van der Waals surface area contributed by atoms with Gasteiger partial charge >= 0.3 is 39.5 Å². The molecule has 0 aliphatic heterocycles. The molecule has 2 unspecified atom stereocenters. The molecule has 106 heavy (non-hydrogen) atoms. The number of phosphoric acid groups is 2. The summed E-state index contributed by atoms with van der Waals surface area (Å²) in [5.41, 5.74) is 0. The molecule has 0 aromatic heterocycles. The van der Waals surface area contributed by atoms with Crippen molar-refractivity contribution < 1.29 is 80.2 Å². The standard InChI is InChI=1S/C87H144O17P2/c1-5-9-13-17-21-25-29-33-36-38-40-42-45-49-52-56-60-64-68-72-85(90)98-78-83(104-87(92)74-70-66-62-58-54-50-46-43-41-39-37-34-30-26-22-18-14-10-6-2)80-102-106(95,96)100-76-81(88)75-99-105(93,94)101-79-82(103-86(91)73-69-65-61-57-53-47-32-28-24-20-16-12-8-4)77-97-84(89)71-67-63-59-55-51-48-44-35-31-27-23-19-15-11-7-3/h9-10,13-14,21-23,25-28,32-37,40-44,49-50,52,54,81-83,88H,5-8,11-12,15-20,24,29-31,38-39,45-48,51,53,55-80H2,1-4H3,(H,93,94)(H,95,96)/b13-9-,14-10-,25-21-,26-22-,27-23-,32-28-,36-33-,37-34-,42-40-,43-41-,44-35-,52-49-,54-50-/t81-,82+,83+/m0/s1. The number of hydrogen-bond donors (Lipinski definition) is 3. The number of allylic oxidation sites excluding steroid dienone is 26. The van der Waals surface area contributed by atoms with E-state index in [1.165, 1.54) is 44.9 Å². The first-order valence-corrected chi connectivity index (χ1v) is 43.7. The van der Waals surface area contributed by atoms with Crippen LogP contribution in [0.4, 0.5) is 0 Å². The van der Waals surface area contributed by atoms with Gasteiger partial charge in [-0.25, -0.2) is 9.13 Å². The summed E-state index contributed by atoms with van der Waals surface area (Å²) in [6.45, 7) is 4.51. The van der Waals surface area contributed by atoms with Crippen molar-refractivity contribution in [1.29, 1.82) is 0 Å². The number of unbranched alkanes of at least 4 members (excludes halogenated alkanes) is 23. The molecule has 0 saturated carbocycles. The van der Waals surface area contributed by atoms with Crippen LogP contribution in [0.5, 0.6) is 0 Å². The minimum absolute atomic E-state index is 0.0421. The quantitative estimate of drug-likeness (QED) is 0.0169. The molecule has 0 aliphatic carbocycles. The zero-order chi connectivity index (χ0) is 77.4. The van der Waals surface area contributed by atoms with E-state index in [1.54, 1.807) is 0 Å². The Morgan fingerprint density at radius 1 is 0.274 bits per heavy atom. The monoisotopic (exact) mass is 1520 g/mol. The number of carbonyl (C=O) groups excluding carboxylic acids is 4. The zero-order valence-corrected chi connectivity index (χ0v) is 67.8. The Morgan fingerprint density at radius 2 is 0.491 bits per heavy atom. The number of phosphoric ester groups is 2. The number of ether oxygens (including phenoxy) is 4. The summed E-state index contributed by atoms with van der Waals surface area (Å²) >= 11 is 0. The molecule has 0 aliphatic rings. The van der Waals surface area contributed by atoms with Crippen LogP contribution in [-0.4, -0.2) is 96.7 Å². The Balaban J connectivity index is 5.46. The van der Waals surface area contributed by atoms with Gasteiger partial charge in [-0.15, -0.1) is 0 Å². The normalized spacial score (nSPS) is 14.7. The lowest BCUT2D eigenvalue weighted by molar-refractivity contribution is -0.161. The molecule has 0 amide bonds. The number of hydrogen-bond acceptors (Lipinski definition) is 15. The van der Waals surface area contributed by atoms with Crippen molar-refractivity contribution in [2.45, 2.75) is 329 Å². The van der Waals surface area contributed by atoms with Gasteiger partial charge < -0.3 is 33.8 Å². The van der Waals surface area contributed by atoms with Crippen LogP contribution in [0.1, 0.15) is 310 Å². The third-order valence-corrected chi connectivity index (χ3v) is 18.4. The molecule has 0 aromatic carbocycles. The Bertz CT molecular complexity index is 2630. The predicted octanol–water partition coefficient (Wildman–Crippen LogP) is 24.0. The van der Waals surface area contributed by atoms with Crippen LogP contribution in [0.3, 0.4) is 0 Å². The molecule has 604 valence electrons. The first-order chi connectivity index (χ1) is 51.7. The molecule has 5 atom stereocenters. The summed E-state index contributed by atoms with van der Waals surface area (Å²) in [5, 5.41) is 10.7. The minimum atomic E-state index is -5.00. The molecule has 0 heterocycles. The summed E-state index contributed by atoms with van der Waals surface area (Å²) in [6, 6.07) is 0. The third-order valence-electron chi connectivity index (χ3n) is 16.5. The van der Waals surface area contributed by atoms with Crippen molar-refractivity contribution in [2.24, 2.45) is 0 Å². The number of carbonyl (C=O) groups is 4. The van der Waals surface area contributed by atoms with E-state index in [0.29, 0.717) is 25.7 Å². The van der Waals surface area contributed by atoms with Crippen molar-refractivity contribution in [3.05, 3.63) is 158 Å². The highest BCUT2D eigenvalue weighted by molar-refractivity contribution is 7.47.